The SMILES string of the molecule is Cl.N[C@H]1CCC=CCC[C@H]1C(=O)O. The molecule has 0 aromatic heterocycles. The minimum Gasteiger partial charge on any atom is -0.481 e. The fraction of sp³-hybridized carbons (Fsp3) is 0.667. The second-order valence-electron chi connectivity index (χ2n) is 3.23. The number of rotatable bonds is 1. The minimum absolute atomic E-state index is 0. The van der Waals surface area contributed by atoms with Crippen LogP contribution in [0.25, 0.3) is 0 Å². The Morgan fingerprint density at radius 3 is 2.38 bits per heavy atom. The number of nitrogens with two attached hydrogens (primary N) is 1. The van der Waals surface area contributed by atoms with E-state index < -0.39 is 5.97 Å². The van der Waals surface area contributed by atoms with Gasteiger partial charge in [-0.3, -0.25) is 4.79 Å². The topological polar surface area (TPSA) is 63.3 Å². The molecule has 2 atom stereocenters. The summed E-state index contributed by atoms with van der Waals surface area (Å²) in [6.45, 7) is 0. The summed E-state index contributed by atoms with van der Waals surface area (Å²) in [5.41, 5.74) is 5.73. The zero-order valence-electron chi connectivity index (χ0n) is 7.48. The van der Waals surface area contributed by atoms with Crippen molar-refractivity contribution in [2.45, 2.75) is 31.7 Å². The van der Waals surface area contributed by atoms with Crippen molar-refractivity contribution in [3.8, 4) is 0 Å². The van der Waals surface area contributed by atoms with Crippen molar-refractivity contribution in [3.05, 3.63) is 12.2 Å². The van der Waals surface area contributed by atoms with Crippen LogP contribution < -0.4 is 5.73 Å². The standard InChI is InChI=1S/C9H15NO2.ClH/c10-8-6-4-2-1-3-5-7(8)9(11)12;/h1-2,7-8H,3-6,10H2,(H,11,12);1H/t7-,8+;/m1./s1. The molecule has 0 amide bonds. The smallest absolute Gasteiger partial charge is 0.308 e. The van der Waals surface area contributed by atoms with Gasteiger partial charge in [-0.25, -0.2) is 0 Å². The number of carboxylic acids is 1. The molecule has 3 nitrogen and oxygen atoms in total. The highest BCUT2D eigenvalue weighted by Gasteiger charge is 2.24. The van der Waals surface area contributed by atoms with Crippen LogP contribution in [0.3, 0.4) is 0 Å². The van der Waals surface area contributed by atoms with Crippen molar-refractivity contribution in [2.75, 3.05) is 0 Å². The molecular formula is C9H16ClNO2. The summed E-state index contributed by atoms with van der Waals surface area (Å²) in [6.07, 6.45) is 7.33. The molecular weight excluding hydrogens is 190 g/mol. The maximum absolute atomic E-state index is 10.7. The van der Waals surface area contributed by atoms with Gasteiger partial charge >= 0.3 is 5.97 Å². The van der Waals surface area contributed by atoms with E-state index in [-0.39, 0.29) is 24.4 Å². The molecule has 0 saturated carbocycles. The molecule has 1 rings (SSSR count). The van der Waals surface area contributed by atoms with Crippen LogP contribution in [0, 0.1) is 5.92 Å². The van der Waals surface area contributed by atoms with Gasteiger partial charge in [-0.15, -0.1) is 12.4 Å². The first kappa shape index (κ1) is 12.5. The Morgan fingerprint density at radius 2 is 1.85 bits per heavy atom. The molecule has 0 heterocycles. The summed E-state index contributed by atoms with van der Waals surface area (Å²) >= 11 is 0. The predicted octanol–water partition coefficient (Wildman–Crippen LogP) is 1.57. The van der Waals surface area contributed by atoms with Crippen molar-refractivity contribution < 1.29 is 9.90 Å². The van der Waals surface area contributed by atoms with Crippen LogP contribution in [0.5, 0.6) is 0 Å². The molecule has 0 aliphatic heterocycles. The highest BCUT2D eigenvalue weighted by Crippen LogP contribution is 2.17. The highest BCUT2D eigenvalue weighted by molar-refractivity contribution is 5.85. The van der Waals surface area contributed by atoms with E-state index in [1.807, 2.05) is 6.08 Å². The third kappa shape index (κ3) is 3.79. The Morgan fingerprint density at radius 1 is 1.31 bits per heavy atom. The summed E-state index contributed by atoms with van der Waals surface area (Å²) in [5, 5.41) is 8.82. The zero-order chi connectivity index (χ0) is 8.97. The molecule has 0 saturated heterocycles. The van der Waals surface area contributed by atoms with Gasteiger partial charge in [-0.05, 0) is 25.7 Å². The molecule has 0 aromatic carbocycles. The van der Waals surface area contributed by atoms with E-state index in [1.54, 1.807) is 0 Å². The molecule has 0 bridgehead atoms. The summed E-state index contributed by atoms with van der Waals surface area (Å²) < 4.78 is 0. The second-order valence-corrected chi connectivity index (χ2v) is 3.23. The first-order valence-electron chi connectivity index (χ1n) is 4.35. The second kappa shape index (κ2) is 6.00. The molecule has 0 spiro atoms. The van der Waals surface area contributed by atoms with E-state index in [0.717, 1.165) is 19.3 Å². The lowest BCUT2D eigenvalue weighted by Gasteiger charge is -2.20. The van der Waals surface area contributed by atoms with Crippen LogP contribution in [-0.4, -0.2) is 17.1 Å². The van der Waals surface area contributed by atoms with E-state index in [2.05, 4.69) is 6.08 Å². The lowest BCUT2D eigenvalue weighted by molar-refractivity contribution is -0.142. The lowest BCUT2D eigenvalue weighted by Crippen LogP contribution is -2.35. The molecule has 0 fully saturated rings. The molecule has 0 radical (unpaired) electrons. The Labute approximate surface area is 84.4 Å². The Balaban J connectivity index is 0.00000144. The summed E-state index contributed by atoms with van der Waals surface area (Å²) in [7, 11) is 0. The van der Waals surface area contributed by atoms with Crippen molar-refractivity contribution in [3.63, 3.8) is 0 Å². The third-order valence-electron chi connectivity index (χ3n) is 2.31. The number of aliphatic carboxylic acids is 1. The van der Waals surface area contributed by atoms with E-state index in [4.69, 9.17) is 10.8 Å². The number of carbonyl (C=O) groups is 1. The molecule has 1 aliphatic carbocycles. The van der Waals surface area contributed by atoms with Gasteiger partial charge < -0.3 is 10.8 Å². The van der Waals surface area contributed by atoms with Gasteiger partial charge in [0.25, 0.3) is 0 Å². The Hall–Kier alpha value is -0.540. The van der Waals surface area contributed by atoms with Crippen LogP contribution in [-0.2, 0) is 4.79 Å². The van der Waals surface area contributed by atoms with Crippen LogP contribution in [0.15, 0.2) is 12.2 Å². The molecule has 1 aliphatic rings. The monoisotopic (exact) mass is 205 g/mol. The van der Waals surface area contributed by atoms with Gasteiger partial charge in [-0.2, -0.15) is 0 Å². The fourth-order valence-corrected chi connectivity index (χ4v) is 1.52. The van der Waals surface area contributed by atoms with Crippen molar-refractivity contribution in [1.29, 1.82) is 0 Å². The lowest BCUT2D eigenvalue weighted by atomic mass is 9.90. The molecule has 3 N–H and O–H groups in total. The van der Waals surface area contributed by atoms with Crippen molar-refractivity contribution >= 4 is 18.4 Å². The molecule has 13 heavy (non-hydrogen) atoms. The average Bonchev–Trinajstić information content (AvgIpc) is 1.96. The van der Waals surface area contributed by atoms with Crippen molar-refractivity contribution in [2.24, 2.45) is 11.7 Å². The first-order valence-corrected chi connectivity index (χ1v) is 4.35. The molecule has 0 unspecified atom stereocenters. The van der Waals surface area contributed by atoms with Crippen LogP contribution in [0.1, 0.15) is 25.7 Å². The van der Waals surface area contributed by atoms with E-state index >= 15 is 0 Å². The number of hydrogen-bond acceptors (Lipinski definition) is 2. The first-order chi connectivity index (χ1) is 5.72. The third-order valence-corrected chi connectivity index (χ3v) is 2.31. The van der Waals surface area contributed by atoms with E-state index in [9.17, 15) is 4.79 Å². The zero-order valence-corrected chi connectivity index (χ0v) is 8.30. The minimum atomic E-state index is -0.752. The van der Waals surface area contributed by atoms with Gasteiger partial charge in [0, 0.05) is 6.04 Å². The Bertz CT molecular complexity index is 194. The molecule has 0 aromatic rings. The quantitative estimate of drug-likeness (QED) is 0.639. The maximum atomic E-state index is 10.7. The summed E-state index contributed by atoms with van der Waals surface area (Å²) in [5.74, 6) is -1.10. The fourth-order valence-electron chi connectivity index (χ4n) is 1.52. The average molecular weight is 206 g/mol. The number of carboxylic acid groups (broad SMARTS) is 1. The largest absolute Gasteiger partial charge is 0.481 e. The number of allylic oxidation sites excluding steroid dienone is 2. The number of hydrogen-bond donors (Lipinski definition) is 2. The van der Waals surface area contributed by atoms with Gasteiger partial charge in [0.1, 0.15) is 0 Å². The van der Waals surface area contributed by atoms with Gasteiger partial charge in [0.05, 0.1) is 5.92 Å². The van der Waals surface area contributed by atoms with E-state index in [1.165, 1.54) is 0 Å². The Kier molecular flexibility index (Phi) is 5.75. The highest BCUT2D eigenvalue weighted by atomic mass is 35.5. The van der Waals surface area contributed by atoms with Crippen LogP contribution >= 0.6 is 12.4 Å². The maximum Gasteiger partial charge on any atom is 0.308 e. The number of halogens is 1. The van der Waals surface area contributed by atoms with Gasteiger partial charge in [0.2, 0.25) is 0 Å². The summed E-state index contributed by atoms with van der Waals surface area (Å²) in [4.78, 5) is 10.7. The van der Waals surface area contributed by atoms with Crippen LogP contribution in [0.2, 0.25) is 0 Å². The predicted molar refractivity (Wildman–Crippen MR) is 54.0 cm³/mol. The van der Waals surface area contributed by atoms with Crippen molar-refractivity contribution in [1.82, 2.24) is 0 Å². The normalized spacial score (nSPS) is 28.4. The molecule has 4 heteroatoms. The van der Waals surface area contributed by atoms with Crippen LogP contribution in [0.4, 0.5) is 0 Å². The van der Waals surface area contributed by atoms with Gasteiger partial charge in [-0.1, -0.05) is 12.2 Å². The molecule has 76 valence electrons. The van der Waals surface area contributed by atoms with Gasteiger partial charge in [0.15, 0.2) is 0 Å². The summed E-state index contributed by atoms with van der Waals surface area (Å²) in [6, 6.07) is -0.174. The van der Waals surface area contributed by atoms with E-state index in [0.29, 0.717) is 6.42 Å².